The fourth-order valence-electron chi connectivity index (χ4n) is 3.61. The summed E-state index contributed by atoms with van der Waals surface area (Å²) in [5.41, 5.74) is -0.933. The van der Waals surface area contributed by atoms with E-state index in [0.29, 0.717) is 25.3 Å². The standard InChI is InChI=1S/C15H23N3O3/c1-2-17-8-4-11(5-9-17)10-18-13(20)15(6-3-7-15)12(19)16-14(18)21/h11H,2-10H2,1H3,(H,16,19,21). The topological polar surface area (TPSA) is 69.7 Å². The van der Waals surface area contributed by atoms with Gasteiger partial charge in [0.25, 0.3) is 0 Å². The van der Waals surface area contributed by atoms with Crippen LogP contribution in [-0.2, 0) is 9.59 Å². The highest BCUT2D eigenvalue weighted by Gasteiger charge is 2.57. The van der Waals surface area contributed by atoms with Gasteiger partial charge in [-0.2, -0.15) is 0 Å². The normalized spacial score (nSPS) is 26.9. The molecule has 3 fully saturated rings. The Morgan fingerprint density at radius 2 is 1.86 bits per heavy atom. The number of imide groups is 2. The first-order chi connectivity index (χ1) is 10.1. The average Bonchev–Trinajstić information content (AvgIpc) is 2.42. The number of carbonyl (C=O) groups excluding carboxylic acids is 3. The minimum atomic E-state index is -0.933. The van der Waals surface area contributed by atoms with Crippen molar-refractivity contribution in [2.24, 2.45) is 11.3 Å². The first-order valence-corrected chi connectivity index (χ1v) is 7.96. The molecule has 1 spiro atoms. The lowest BCUT2D eigenvalue weighted by Crippen LogP contribution is -2.66. The molecule has 1 N–H and O–H groups in total. The second-order valence-corrected chi connectivity index (χ2v) is 6.49. The van der Waals surface area contributed by atoms with Gasteiger partial charge < -0.3 is 4.90 Å². The summed E-state index contributed by atoms with van der Waals surface area (Å²) in [5.74, 6) is -0.297. The molecule has 0 aromatic heterocycles. The first kappa shape index (κ1) is 14.5. The summed E-state index contributed by atoms with van der Waals surface area (Å²) in [6, 6.07) is -0.527. The van der Waals surface area contributed by atoms with Crippen molar-refractivity contribution in [1.29, 1.82) is 0 Å². The van der Waals surface area contributed by atoms with Crippen LogP contribution in [-0.4, -0.2) is 53.8 Å². The molecule has 21 heavy (non-hydrogen) atoms. The van der Waals surface area contributed by atoms with Gasteiger partial charge in [0.05, 0.1) is 0 Å². The number of nitrogens with zero attached hydrogens (tertiary/aromatic N) is 2. The molecule has 6 heteroatoms. The molecule has 2 saturated heterocycles. The number of barbiturate groups is 1. The van der Waals surface area contributed by atoms with E-state index in [-0.39, 0.29) is 11.8 Å². The number of carbonyl (C=O) groups is 3. The van der Waals surface area contributed by atoms with Crippen molar-refractivity contribution in [3.63, 3.8) is 0 Å². The summed E-state index contributed by atoms with van der Waals surface area (Å²) in [6.45, 7) is 5.70. The molecule has 0 atom stereocenters. The van der Waals surface area contributed by atoms with E-state index in [2.05, 4.69) is 17.1 Å². The molecule has 0 radical (unpaired) electrons. The predicted octanol–water partition coefficient (Wildman–Crippen LogP) is 0.967. The van der Waals surface area contributed by atoms with E-state index >= 15 is 0 Å². The van der Waals surface area contributed by atoms with Crippen molar-refractivity contribution in [3.8, 4) is 0 Å². The van der Waals surface area contributed by atoms with Crippen LogP contribution in [0.15, 0.2) is 0 Å². The van der Waals surface area contributed by atoms with Crippen LogP contribution in [0.5, 0.6) is 0 Å². The van der Waals surface area contributed by atoms with Gasteiger partial charge in [-0.15, -0.1) is 0 Å². The summed E-state index contributed by atoms with van der Waals surface area (Å²) < 4.78 is 0. The largest absolute Gasteiger partial charge is 0.330 e. The van der Waals surface area contributed by atoms with Crippen LogP contribution >= 0.6 is 0 Å². The van der Waals surface area contributed by atoms with Crippen molar-refractivity contribution in [2.45, 2.75) is 39.0 Å². The molecule has 0 unspecified atom stereocenters. The number of likely N-dealkylation sites (tertiary alicyclic amines) is 1. The Kier molecular flexibility index (Phi) is 3.73. The van der Waals surface area contributed by atoms with Crippen LogP contribution in [0, 0.1) is 11.3 Å². The van der Waals surface area contributed by atoms with Gasteiger partial charge in [0, 0.05) is 6.54 Å². The number of urea groups is 1. The SMILES string of the molecule is CCN1CCC(CN2C(=O)NC(=O)C3(CCC3)C2=O)CC1. The molecular weight excluding hydrogens is 270 g/mol. The van der Waals surface area contributed by atoms with E-state index in [4.69, 9.17) is 0 Å². The molecule has 4 amide bonds. The van der Waals surface area contributed by atoms with Gasteiger partial charge in [0.2, 0.25) is 11.8 Å². The van der Waals surface area contributed by atoms with Crippen LogP contribution in [0.3, 0.4) is 0 Å². The Balaban J connectivity index is 1.66. The molecular formula is C15H23N3O3. The summed E-state index contributed by atoms with van der Waals surface area (Å²) in [7, 11) is 0. The third kappa shape index (κ3) is 2.35. The quantitative estimate of drug-likeness (QED) is 0.787. The number of piperidine rings is 1. The maximum absolute atomic E-state index is 12.6. The molecule has 1 saturated carbocycles. The third-order valence-corrected chi connectivity index (χ3v) is 5.36. The first-order valence-electron chi connectivity index (χ1n) is 7.96. The Morgan fingerprint density at radius 1 is 1.19 bits per heavy atom. The summed E-state index contributed by atoms with van der Waals surface area (Å²) in [4.78, 5) is 40.2. The van der Waals surface area contributed by atoms with Crippen LogP contribution in [0.25, 0.3) is 0 Å². The molecule has 1 aliphatic carbocycles. The zero-order chi connectivity index (χ0) is 15.0. The number of nitrogens with one attached hydrogen (secondary N) is 1. The second-order valence-electron chi connectivity index (χ2n) is 6.49. The number of hydrogen-bond acceptors (Lipinski definition) is 4. The van der Waals surface area contributed by atoms with Crippen molar-refractivity contribution >= 4 is 17.8 Å². The Bertz CT molecular complexity index is 465. The number of rotatable bonds is 3. The Hall–Kier alpha value is -1.43. The van der Waals surface area contributed by atoms with Gasteiger partial charge in [0.1, 0.15) is 5.41 Å². The van der Waals surface area contributed by atoms with Crippen molar-refractivity contribution in [1.82, 2.24) is 15.1 Å². The zero-order valence-corrected chi connectivity index (χ0v) is 12.6. The van der Waals surface area contributed by atoms with E-state index in [9.17, 15) is 14.4 Å². The second kappa shape index (κ2) is 5.40. The minimum Gasteiger partial charge on any atom is -0.304 e. The maximum Gasteiger partial charge on any atom is 0.330 e. The van der Waals surface area contributed by atoms with E-state index in [1.54, 1.807) is 0 Å². The van der Waals surface area contributed by atoms with Gasteiger partial charge in [-0.3, -0.25) is 19.8 Å². The highest BCUT2D eigenvalue weighted by Crippen LogP contribution is 2.44. The highest BCUT2D eigenvalue weighted by atomic mass is 16.2. The summed E-state index contributed by atoms with van der Waals surface area (Å²) >= 11 is 0. The number of hydrogen-bond donors (Lipinski definition) is 1. The molecule has 2 heterocycles. The molecule has 116 valence electrons. The smallest absolute Gasteiger partial charge is 0.304 e. The molecule has 3 aliphatic rings. The molecule has 0 aromatic carbocycles. The van der Waals surface area contributed by atoms with Gasteiger partial charge in [-0.25, -0.2) is 4.79 Å². The van der Waals surface area contributed by atoms with Crippen molar-refractivity contribution in [2.75, 3.05) is 26.2 Å². The molecule has 0 bridgehead atoms. The Labute approximate surface area is 124 Å². The lowest BCUT2D eigenvalue weighted by atomic mass is 9.66. The minimum absolute atomic E-state index is 0.263. The van der Waals surface area contributed by atoms with E-state index in [1.807, 2.05) is 0 Å². The van der Waals surface area contributed by atoms with Crippen LogP contribution in [0.1, 0.15) is 39.0 Å². The van der Waals surface area contributed by atoms with Crippen LogP contribution in [0.2, 0.25) is 0 Å². The molecule has 6 nitrogen and oxygen atoms in total. The lowest BCUT2D eigenvalue weighted by Gasteiger charge is -2.45. The fourth-order valence-corrected chi connectivity index (χ4v) is 3.61. The predicted molar refractivity (Wildman–Crippen MR) is 76.4 cm³/mol. The van der Waals surface area contributed by atoms with Gasteiger partial charge >= 0.3 is 6.03 Å². The zero-order valence-electron chi connectivity index (χ0n) is 12.6. The van der Waals surface area contributed by atoms with Crippen molar-refractivity contribution in [3.05, 3.63) is 0 Å². The molecule has 3 rings (SSSR count). The van der Waals surface area contributed by atoms with E-state index < -0.39 is 11.4 Å². The summed E-state index contributed by atoms with van der Waals surface area (Å²) in [6.07, 6.45) is 4.05. The van der Waals surface area contributed by atoms with E-state index in [1.165, 1.54) is 4.90 Å². The maximum atomic E-state index is 12.6. The van der Waals surface area contributed by atoms with Crippen LogP contribution < -0.4 is 5.32 Å². The molecule has 2 aliphatic heterocycles. The van der Waals surface area contributed by atoms with Gasteiger partial charge in [-0.05, 0) is 51.2 Å². The van der Waals surface area contributed by atoms with Crippen molar-refractivity contribution < 1.29 is 14.4 Å². The van der Waals surface area contributed by atoms with E-state index in [0.717, 1.165) is 38.9 Å². The highest BCUT2D eigenvalue weighted by molar-refractivity contribution is 6.19. The monoisotopic (exact) mass is 293 g/mol. The van der Waals surface area contributed by atoms with Gasteiger partial charge in [-0.1, -0.05) is 13.3 Å². The summed E-state index contributed by atoms with van der Waals surface area (Å²) in [5, 5.41) is 2.38. The average molecular weight is 293 g/mol. The van der Waals surface area contributed by atoms with Crippen LogP contribution in [0.4, 0.5) is 4.79 Å². The van der Waals surface area contributed by atoms with Gasteiger partial charge in [0.15, 0.2) is 0 Å². The Morgan fingerprint density at radius 3 is 2.38 bits per heavy atom. The number of amides is 4. The fraction of sp³-hybridized carbons (Fsp3) is 0.800. The lowest BCUT2D eigenvalue weighted by molar-refractivity contribution is -0.158. The molecule has 0 aromatic rings. The third-order valence-electron chi connectivity index (χ3n) is 5.36.